The molecule has 2 fully saturated rings. The highest BCUT2D eigenvalue weighted by atomic mass is 35.5. The van der Waals surface area contributed by atoms with E-state index in [1.54, 1.807) is 17.9 Å². The molecular weight excluding hydrogens is 292 g/mol. The Balaban J connectivity index is 1.74. The molecular formula is C15H19ClN2O3. The number of aliphatic carboxylic acids is 1. The summed E-state index contributed by atoms with van der Waals surface area (Å²) in [6, 6.07) is 2.11. The van der Waals surface area contributed by atoms with Crippen LogP contribution in [0.5, 0.6) is 0 Å². The summed E-state index contributed by atoms with van der Waals surface area (Å²) in [4.78, 5) is 25.6. The van der Waals surface area contributed by atoms with E-state index in [-0.39, 0.29) is 5.91 Å². The van der Waals surface area contributed by atoms with Crippen LogP contribution in [0.25, 0.3) is 0 Å². The Morgan fingerprint density at radius 3 is 2.48 bits per heavy atom. The maximum Gasteiger partial charge on any atom is 0.309 e. The van der Waals surface area contributed by atoms with E-state index in [0.29, 0.717) is 42.7 Å². The van der Waals surface area contributed by atoms with Gasteiger partial charge in [0, 0.05) is 25.3 Å². The highest BCUT2D eigenvalue weighted by Gasteiger charge is 2.39. The number of nitrogens with zero attached hydrogens (tertiary/aromatic N) is 2. The predicted molar refractivity (Wildman–Crippen MR) is 78.6 cm³/mol. The third-order valence-electron chi connectivity index (χ3n) is 4.65. The van der Waals surface area contributed by atoms with E-state index in [2.05, 4.69) is 0 Å². The monoisotopic (exact) mass is 310 g/mol. The SMILES string of the molecule is CC1(C(=O)O)CCN(C(=O)c2cc(Cl)cn2C2CC2)CC1. The van der Waals surface area contributed by atoms with Gasteiger partial charge in [-0.3, -0.25) is 9.59 Å². The van der Waals surface area contributed by atoms with E-state index in [1.807, 2.05) is 10.8 Å². The number of hydrogen-bond acceptors (Lipinski definition) is 2. The number of aromatic nitrogens is 1. The van der Waals surface area contributed by atoms with Crippen molar-refractivity contribution in [1.29, 1.82) is 0 Å². The maximum absolute atomic E-state index is 12.6. The molecule has 1 N–H and O–H groups in total. The average molecular weight is 311 g/mol. The number of piperidine rings is 1. The molecule has 1 aromatic heterocycles. The first-order valence-corrected chi connectivity index (χ1v) is 7.68. The lowest BCUT2D eigenvalue weighted by Crippen LogP contribution is -2.45. The van der Waals surface area contributed by atoms with Gasteiger partial charge in [-0.25, -0.2) is 0 Å². The number of amides is 1. The molecule has 114 valence electrons. The Bertz CT molecular complexity index is 584. The van der Waals surface area contributed by atoms with Gasteiger partial charge in [-0.1, -0.05) is 11.6 Å². The molecule has 6 heteroatoms. The molecule has 1 aromatic rings. The maximum atomic E-state index is 12.6. The fourth-order valence-electron chi connectivity index (χ4n) is 2.85. The molecule has 5 nitrogen and oxygen atoms in total. The van der Waals surface area contributed by atoms with Crippen LogP contribution in [0.2, 0.25) is 5.02 Å². The Morgan fingerprint density at radius 1 is 1.33 bits per heavy atom. The van der Waals surface area contributed by atoms with Crippen LogP contribution in [0, 0.1) is 5.41 Å². The Hall–Kier alpha value is -1.49. The van der Waals surface area contributed by atoms with Crippen molar-refractivity contribution in [2.75, 3.05) is 13.1 Å². The number of carbonyl (C=O) groups is 2. The van der Waals surface area contributed by atoms with Gasteiger partial charge in [-0.05, 0) is 38.7 Å². The summed E-state index contributed by atoms with van der Waals surface area (Å²) in [5.41, 5.74) is -0.0890. The van der Waals surface area contributed by atoms with E-state index in [1.165, 1.54) is 0 Å². The molecule has 21 heavy (non-hydrogen) atoms. The Labute approximate surface area is 128 Å². The van der Waals surface area contributed by atoms with Crippen molar-refractivity contribution in [2.45, 2.75) is 38.6 Å². The number of likely N-dealkylation sites (tertiary alicyclic amines) is 1. The lowest BCUT2D eigenvalue weighted by Gasteiger charge is -2.36. The van der Waals surface area contributed by atoms with Gasteiger partial charge in [0.2, 0.25) is 0 Å². The molecule has 3 rings (SSSR count). The minimum absolute atomic E-state index is 0.0405. The Kier molecular flexibility index (Phi) is 3.48. The largest absolute Gasteiger partial charge is 0.481 e. The van der Waals surface area contributed by atoms with Gasteiger partial charge < -0.3 is 14.6 Å². The Morgan fingerprint density at radius 2 is 1.95 bits per heavy atom. The molecule has 0 unspecified atom stereocenters. The fraction of sp³-hybridized carbons (Fsp3) is 0.600. The van der Waals surface area contributed by atoms with Gasteiger partial charge in [-0.2, -0.15) is 0 Å². The molecule has 1 amide bonds. The van der Waals surface area contributed by atoms with Crippen molar-refractivity contribution in [2.24, 2.45) is 5.41 Å². The van der Waals surface area contributed by atoms with Crippen LogP contribution in [-0.4, -0.2) is 39.5 Å². The topological polar surface area (TPSA) is 62.5 Å². The van der Waals surface area contributed by atoms with Crippen molar-refractivity contribution in [3.8, 4) is 0 Å². The summed E-state index contributed by atoms with van der Waals surface area (Å²) < 4.78 is 1.97. The average Bonchev–Trinajstić information content (AvgIpc) is 3.21. The molecule has 0 atom stereocenters. The van der Waals surface area contributed by atoms with E-state index in [4.69, 9.17) is 11.6 Å². The van der Waals surface area contributed by atoms with Crippen LogP contribution in [0.15, 0.2) is 12.3 Å². The number of rotatable bonds is 3. The lowest BCUT2D eigenvalue weighted by molar-refractivity contribution is -0.150. The number of carboxylic acids is 1. The smallest absolute Gasteiger partial charge is 0.309 e. The second kappa shape index (κ2) is 5.05. The van der Waals surface area contributed by atoms with Gasteiger partial charge in [0.15, 0.2) is 0 Å². The van der Waals surface area contributed by atoms with Crippen LogP contribution < -0.4 is 0 Å². The second-order valence-corrected chi connectivity index (χ2v) is 6.78. The number of hydrogen-bond donors (Lipinski definition) is 1. The number of carbonyl (C=O) groups excluding carboxylic acids is 1. The second-order valence-electron chi connectivity index (χ2n) is 6.34. The quantitative estimate of drug-likeness (QED) is 0.933. The van der Waals surface area contributed by atoms with E-state index in [0.717, 1.165) is 12.8 Å². The zero-order valence-corrected chi connectivity index (χ0v) is 12.8. The fourth-order valence-corrected chi connectivity index (χ4v) is 3.06. The minimum Gasteiger partial charge on any atom is -0.481 e. The minimum atomic E-state index is -0.779. The van der Waals surface area contributed by atoms with Gasteiger partial charge in [0.1, 0.15) is 5.69 Å². The van der Waals surface area contributed by atoms with Crippen molar-refractivity contribution < 1.29 is 14.7 Å². The number of halogens is 1. The molecule has 2 aliphatic rings. The van der Waals surface area contributed by atoms with E-state index < -0.39 is 11.4 Å². The first-order chi connectivity index (χ1) is 9.90. The molecule has 1 aliphatic heterocycles. The molecule has 0 bridgehead atoms. The van der Waals surface area contributed by atoms with Crippen LogP contribution in [0.1, 0.15) is 49.1 Å². The first kappa shape index (κ1) is 14.4. The van der Waals surface area contributed by atoms with Crippen LogP contribution in [0.3, 0.4) is 0 Å². The standard InChI is InChI=1S/C15H19ClN2O3/c1-15(14(20)21)4-6-17(7-5-15)13(19)12-8-10(16)9-18(12)11-2-3-11/h8-9,11H,2-7H2,1H3,(H,20,21). The lowest BCUT2D eigenvalue weighted by atomic mass is 9.80. The van der Waals surface area contributed by atoms with Crippen molar-refractivity contribution >= 4 is 23.5 Å². The van der Waals surface area contributed by atoms with Gasteiger partial charge in [0.25, 0.3) is 5.91 Å². The predicted octanol–water partition coefficient (Wildman–Crippen LogP) is 2.80. The van der Waals surface area contributed by atoms with Gasteiger partial charge in [0.05, 0.1) is 10.4 Å². The summed E-state index contributed by atoms with van der Waals surface area (Å²) in [7, 11) is 0. The summed E-state index contributed by atoms with van der Waals surface area (Å²) >= 11 is 6.04. The van der Waals surface area contributed by atoms with Crippen LogP contribution in [0.4, 0.5) is 0 Å². The molecule has 0 radical (unpaired) electrons. The normalized spacial score (nSPS) is 21.3. The number of carboxylic acid groups (broad SMARTS) is 1. The van der Waals surface area contributed by atoms with Crippen molar-refractivity contribution in [1.82, 2.24) is 9.47 Å². The summed E-state index contributed by atoms with van der Waals surface area (Å²) in [6.45, 7) is 2.71. The van der Waals surface area contributed by atoms with Crippen molar-refractivity contribution in [3.63, 3.8) is 0 Å². The summed E-state index contributed by atoms with van der Waals surface area (Å²) in [5.74, 6) is -0.819. The summed E-state index contributed by atoms with van der Waals surface area (Å²) in [5, 5.41) is 9.82. The van der Waals surface area contributed by atoms with Crippen LogP contribution in [-0.2, 0) is 4.79 Å². The first-order valence-electron chi connectivity index (χ1n) is 7.31. The van der Waals surface area contributed by atoms with Crippen LogP contribution >= 0.6 is 11.6 Å². The third-order valence-corrected chi connectivity index (χ3v) is 4.85. The van der Waals surface area contributed by atoms with Gasteiger partial charge in [-0.15, -0.1) is 0 Å². The highest BCUT2D eigenvalue weighted by molar-refractivity contribution is 6.31. The molecule has 1 saturated heterocycles. The van der Waals surface area contributed by atoms with Crippen molar-refractivity contribution in [3.05, 3.63) is 23.0 Å². The van der Waals surface area contributed by atoms with Gasteiger partial charge >= 0.3 is 5.97 Å². The molecule has 0 spiro atoms. The van der Waals surface area contributed by atoms with E-state index in [9.17, 15) is 14.7 Å². The molecule has 1 saturated carbocycles. The van der Waals surface area contributed by atoms with E-state index >= 15 is 0 Å². The third kappa shape index (κ3) is 2.67. The zero-order valence-electron chi connectivity index (χ0n) is 12.0. The highest BCUT2D eigenvalue weighted by Crippen LogP contribution is 2.38. The molecule has 2 heterocycles. The zero-order chi connectivity index (χ0) is 15.2. The molecule has 1 aliphatic carbocycles. The molecule has 0 aromatic carbocycles. The summed E-state index contributed by atoms with van der Waals surface area (Å²) in [6.07, 6.45) is 4.97.